The van der Waals surface area contributed by atoms with Crippen molar-refractivity contribution in [1.82, 2.24) is 14.8 Å². The van der Waals surface area contributed by atoms with Crippen molar-refractivity contribution in [3.63, 3.8) is 0 Å². The number of imide groups is 1. The first-order valence-corrected chi connectivity index (χ1v) is 10.7. The lowest BCUT2D eigenvalue weighted by molar-refractivity contribution is -0.130. The number of carbonyl (C=O) groups is 3. The number of aromatic nitrogens is 1. The number of aryl methyl sites for hydroxylation is 3. The molecule has 1 aliphatic heterocycles. The van der Waals surface area contributed by atoms with Gasteiger partial charge in [0.15, 0.2) is 5.78 Å². The van der Waals surface area contributed by atoms with Gasteiger partial charge in [-0.1, -0.05) is 18.2 Å². The van der Waals surface area contributed by atoms with Crippen LogP contribution in [0.25, 0.3) is 5.69 Å². The maximum Gasteiger partial charge on any atom is 0.325 e. The lowest BCUT2D eigenvalue weighted by Gasteiger charge is -2.22. The van der Waals surface area contributed by atoms with Gasteiger partial charge >= 0.3 is 6.03 Å². The Morgan fingerprint density at radius 2 is 1.64 bits per heavy atom. The molecule has 1 fully saturated rings. The van der Waals surface area contributed by atoms with Gasteiger partial charge in [0.05, 0.1) is 6.54 Å². The third kappa shape index (κ3) is 3.73. The number of ketones is 1. The van der Waals surface area contributed by atoms with E-state index in [-0.39, 0.29) is 12.3 Å². The van der Waals surface area contributed by atoms with E-state index in [4.69, 9.17) is 0 Å². The van der Waals surface area contributed by atoms with Crippen molar-refractivity contribution in [3.8, 4) is 5.69 Å². The molecule has 0 radical (unpaired) electrons. The van der Waals surface area contributed by atoms with E-state index in [1.165, 1.54) is 29.8 Å². The van der Waals surface area contributed by atoms with Gasteiger partial charge in [-0.3, -0.25) is 14.5 Å². The molecule has 170 valence electrons. The second kappa shape index (κ2) is 7.99. The van der Waals surface area contributed by atoms with Crippen LogP contribution in [0.15, 0.2) is 48.5 Å². The van der Waals surface area contributed by atoms with Crippen molar-refractivity contribution >= 4 is 17.7 Å². The number of rotatable bonds is 5. The Balaban J connectivity index is 1.61. The first kappa shape index (κ1) is 22.5. The topological polar surface area (TPSA) is 71.4 Å². The Kier molecular flexibility index (Phi) is 5.44. The zero-order valence-electron chi connectivity index (χ0n) is 19.3. The summed E-state index contributed by atoms with van der Waals surface area (Å²) < 4.78 is 15.3. The lowest BCUT2D eigenvalue weighted by atomic mass is 9.92. The zero-order valence-corrected chi connectivity index (χ0v) is 19.3. The van der Waals surface area contributed by atoms with Crippen LogP contribution in [0.5, 0.6) is 0 Å². The molecule has 0 spiro atoms. The Bertz CT molecular complexity index is 1290. The van der Waals surface area contributed by atoms with Crippen molar-refractivity contribution in [2.75, 3.05) is 6.54 Å². The number of carbonyl (C=O) groups excluding carboxylic acids is 3. The van der Waals surface area contributed by atoms with Crippen molar-refractivity contribution in [2.45, 2.75) is 40.2 Å². The van der Waals surface area contributed by atoms with Crippen molar-refractivity contribution < 1.29 is 18.8 Å². The zero-order chi connectivity index (χ0) is 24.1. The average Bonchev–Trinajstić information content (AvgIpc) is 3.18. The highest BCUT2D eigenvalue weighted by Gasteiger charge is 2.49. The molecule has 0 aliphatic carbocycles. The van der Waals surface area contributed by atoms with E-state index in [1.807, 2.05) is 44.4 Å². The van der Waals surface area contributed by atoms with Gasteiger partial charge in [-0.25, -0.2) is 9.18 Å². The first-order chi connectivity index (χ1) is 15.5. The smallest absolute Gasteiger partial charge is 0.319 e. The highest BCUT2D eigenvalue weighted by Crippen LogP contribution is 2.30. The van der Waals surface area contributed by atoms with Crippen molar-refractivity contribution in [2.24, 2.45) is 0 Å². The largest absolute Gasteiger partial charge is 0.325 e. The standard InChI is InChI=1S/C26H26FN3O3/c1-15-6-11-21(12-16(15)2)30-17(3)13-22(18(30)4)23(31)14-29-24(32)26(5,28-25(29)33)19-7-9-20(27)10-8-19/h6-13H,14H2,1-5H3,(H,28,33). The van der Waals surface area contributed by atoms with Crippen molar-refractivity contribution in [1.29, 1.82) is 0 Å². The van der Waals surface area contributed by atoms with Crippen LogP contribution in [0, 0.1) is 33.5 Å². The third-order valence-corrected chi connectivity index (χ3v) is 6.48. The average molecular weight is 448 g/mol. The van der Waals surface area contributed by atoms with Gasteiger partial charge in [-0.05, 0) is 81.6 Å². The maximum atomic E-state index is 13.3. The molecule has 1 saturated heterocycles. The normalized spacial score (nSPS) is 18.1. The molecule has 2 heterocycles. The lowest BCUT2D eigenvalue weighted by Crippen LogP contribution is -2.41. The van der Waals surface area contributed by atoms with Crippen LogP contribution in [0.4, 0.5) is 9.18 Å². The minimum Gasteiger partial charge on any atom is -0.319 e. The van der Waals surface area contributed by atoms with Crippen molar-refractivity contribution in [3.05, 3.63) is 88.0 Å². The van der Waals surface area contributed by atoms with Crippen LogP contribution in [0.1, 0.15) is 45.4 Å². The fourth-order valence-corrected chi connectivity index (χ4v) is 4.36. The number of hydrogen-bond acceptors (Lipinski definition) is 3. The van der Waals surface area contributed by atoms with E-state index < -0.39 is 23.3 Å². The van der Waals surface area contributed by atoms with Crippen LogP contribution < -0.4 is 5.32 Å². The Labute approximate surface area is 192 Å². The van der Waals surface area contributed by atoms with Gasteiger partial charge in [0, 0.05) is 22.6 Å². The Morgan fingerprint density at radius 1 is 0.970 bits per heavy atom. The number of nitrogens with one attached hydrogen (secondary N) is 1. The summed E-state index contributed by atoms with van der Waals surface area (Å²) in [6, 6.07) is 12.6. The summed E-state index contributed by atoms with van der Waals surface area (Å²) in [6.45, 7) is 9.02. The van der Waals surface area contributed by atoms with Gasteiger partial charge in [0.1, 0.15) is 11.4 Å². The summed E-state index contributed by atoms with van der Waals surface area (Å²) in [4.78, 5) is 39.9. The van der Waals surface area contributed by atoms with Gasteiger partial charge in [0.2, 0.25) is 0 Å². The summed E-state index contributed by atoms with van der Waals surface area (Å²) in [6.07, 6.45) is 0. The summed E-state index contributed by atoms with van der Waals surface area (Å²) in [5.74, 6) is -1.31. The molecule has 6 nitrogen and oxygen atoms in total. The van der Waals surface area contributed by atoms with Crippen LogP contribution >= 0.6 is 0 Å². The fourth-order valence-electron chi connectivity index (χ4n) is 4.36. The monoisotopic (exact) mass is 447 g/mol. The predicted octanol–water partition coefficient (Wildman–Crippen LogP) is 4.50. The number of amides is 3. The minimum absolute atomic E-state index is 0.329. The molecular weight excluding hydrogens is 421 g/mol. The molecule has 1 N–H and O–H groups in total. The number of benzene rings is 2. The molecule has 33 heavy (non-hydrogen) atoms. The molecule has 1 aromatic heterocycles. The number of halogens is 1. The molecule has 1 aliphatic rings. The van der Waals surface area contributed by atoms with Crippen LogP contribution in [-0.2, 0) is 10.3 Å². The van der Waals surface area contributed by atoms with E-state index >= 15 is 0 Å². The SMILES string of the molecule is Cc1ccc(-n2c(C)cc(C(=O)CN3C(=O)NC(C)(c4ccc(F)cc4)C3=O)c2C)cc1C. The first-order valence-electron chi connectivity index (χ1n) is 10.7. The molecule has 0 saturated carbocycles. The Hall–Kier alpha value is -3.74. The molecular formula is C26H26FN3O3. The molecule has 0 bridgehead atoms. The van der Waals surface area contributed by atoms with E-state index in [0.717, 1.165) is 27.5 Å². The molecule has 1 unspecified atom stereocenters. The molecule has 4 rings (SSSR count). The predicted molar refractivity (Wildman–Crippen MR) is 123 cm³/mol. The summed E-state index contributed by atoms with van der Waals surface area (Å²) >= 11 is 0. The highest BCUT2D eigenvalue weighted by molar-refractivity contribution is 6.11. The van der Waals surface area contributed by atoms with Crippen LogP contribution in [0.3, 0.4) is 0 Å². The number of hydrogen-bond donors (Lipinski definition) is 1. The Morgan fingerprint density at radius 3 is 2.27 bits per heavy atom. The third-order valence-electron chi connectivity index (χ3n) is 6.48. The minimum atomic E-state index is -1.36. The van der Waals surface area contributed by atoms with E-state index in [9.17, 15) is 18.8 Å². The highest BCUT2D eigenvalue weighted by atomic mass is 19.1. The van der Waals surface area contributed by atoms with Crippen LogP contribution in [-0.4, -0.2) is 33.7 Å². The van der Waals surface area contributed by atoms with Gasteiger partial charge in [-0.2, -0.15) is 0 Å². The molecule has 3 aromatic rings. The molecule has 3 amide bonds. The van der Waals surface area contributed by atoms with Gasteiger partial charge in [-0.15, -0.1) is 0 Å². The quantitative estimate of drug-likeness (QED) is 0.462. The molecule has 1 atom stereocenters. The molecule has 7 heteroatoms. The maximum absolute atomic E-state index is 13.3. The van der Waals surface area contributed by atoms with Gasteiger partial charge in [0.25, 0.3) is 5.91 Å². The van der Waals surface area contributed by atoms with E-state index in [2.05, 4.69) is 11.4 Å². The van der Waals surface area contributed by atoms with E-state index in [1.54, 1.807) is 13.0 Å². The van der Waals surface area contributed by atoms with Crippen LogP contribution in [0.2, 0.25) is 0 Å². The van der Waals surface area contributed by atoms with E-state index in [0.29, 0.717) is 11.1 Å². The number of nitrogens with zero attached hydrogens (tertiary/aromatic N) is 2. The summed E-state index contributed by atoms with van der Waals surface area (Å²) in [5.41, 5.74) is 4.45. The van der Waals surface area contributed by atoms with Gasteiger partial charge < -0.3 is 9.88 Å². The summed E-state index contributed by atoms with van der Waals surface area (Å²) in [7, 11) is 0. The second-order valence-electron chi connectivity index (χ2n) is 8.77. The fraction of sp³-hybridized carbons (Fsp3) is 0.269. The number of Topliss-reactive ketones (excluding diaryl/α,β-unsaturated/α-hetero) is 1. The summed E-state index contributed by atoms with van der Waals surface area (Å²) in [5, 5.41) is 2.65. The molecule has 2 aromatic carbocycles. The number of urea groups is 1. The second-order valence-corrected chi connectivity index (χ2v) is 8.77.